The fourth-order valence-corrected chi connectivity index (χ4v) is 1.87. The average Bonchev–Trinajstić information content (AvgIpc) is 2.81. The van der Waals surface area contributed by atoms with E-state index in [-0.39, 0.29) is 5.75 Å². The zero-order valence-electron chi connectivity index (χ0n) is 8.51. The summed E-state index contributed by atoms with van der Waals surface area (Å²) in [5.41, 5.74) is 1.62. The van der Waals surface area contributed by atoms with Crippen LogP contribution in [-0.2, 0) is 4.74 Å². The first kappa shape index (κ1) is 10.6. The van der Waals surface area contributed by atoms with Crippen LogP contribution in [0.2, 0.25) is 0 Å². The molecule has 4 nitrogen and oxygen atoms in total. The van der Waals surface area contributed by atoms with Gasteiger partial charge in [-0.1, -0.05) is 0 Å². The molecular weight excluding hydrogens is 226 g/mol. The van der Waals surface area contributed by atoms with Gasteiger partial charge in [-0.15, -0.1) is 0 Å². The van der Waals surface area contributed by atoms with Gasteiger partial charge in [-0.05, 0) is 35.8 Å². The number of hydrogen-bond donors (Lipinski definition) is 1. The van der Waals surface area contributed by atoms with E-state index in [2.05, 4.69) is 9.11 Å². The highest BCUT2D eigenvalue weighted by molar-refractivity contribution is 7.03. The van der Waals surface area contributed by atoms with Gasteiger partial charge in [0.2, 0.25) is 0 Å². The van der Waals surface area contributed by atoms with E-state index in [0.717, 1.165) is 0 Å². The van der Waals surface area contributed by atoms with Gasteiger partial charge in [0.05, 0.1) is 18.4 Å². The van der Waals surface area contributed by atoms with Crippen LogP contribution in [0.25, 0.3) is 11.3 Å². The van der Waals surface area contributed by atoms with Crippen molar-refractivity contribution in [3.8, 4) is 17.0 Å². The van der Waals surface area contributed by atoms with Gasteiger partial charge >= 0.3 is 5.97 Å². The molecule has 0 saturated carbocycles. The Morgan fingerprint density at radius 2 is 2.25 bits per heavy atom. The Balaban J connectivity index is 2.41. The third-order valence-electron chi connectivity index (χ3n) is 2.13. The number of rotatable bonds is 2. The molecule has 0 aliphatic carbocycles. The van der Waals surface area contributed by atoms with Crippen LogP contribution in [0.15, 0.2) is 29.6 Å². The maximum absolute atomic E-state index is 11.2. The van der Waals surface area contributed by atoms with Crippen molar-refractivity contribution in [3.05, 3.63) is 35.2 Å². The van der Waals surface area contributed by atoms with Crippen LogP contribution in [0.4, 0.5) is 0 Å². The summed E-state index contributed by atoms with van der Waals surface area (Å²) in [6.07, 6.45) is 0. The van der Waals surface area contributed by atoms with Crippen LogP contribution in [0, 0.1) is 0 Å². The highest BCUT2D eigenvalue weighted by Gasteiger charge is 2.11. The number of nitrogens with zero attached hydrogens (tertiary/aromatic N) is 1. The maximum atomic E-state index is 11.2. The summed E-state index contributed by atoms with van der Waals surface area (Å²) in [6.45, 7) is 0. The lowest BCUT2D eigenvalue weighted by atomic mass is 10.1. The lowest BCUT2D eigenvalue weighted by Gasteiger charge is -2.03. The Labute approximate surface area is 96.3 Å². The molecule has 16 heavy (non-hydrogen) atoms. The number of methoxy groups -OCH3 is 1. The molecule has 0 bridgehead atoms. The van der Waals surface area contributed by atoms with Crippen molar-refractivity contribution >= 4 is 17.5 Å². The molecule has 0 spiro atoms. The lowest BCUT2D eigenvalue weighted by Crippen LogP contribution is -2.00. The zero-order valence-corrected chi connectivity index (χ0v) is 9.32. The highest BCUT2D eigenvalue weighted by Crippen LogP contribution is 2.29. The zero-order chi connectivity index (χ0) is 11.5. The Hall–Kier alpha value is -1.88. The van der Waals surface area contributed by atoms with Crippen molar-refractivity contribution < 1.29 is 14.6 Å². The summed E-state index contributed by atoms with van der Waals surface area (Å²) >= 11 is 1.31. The Kier molecular flexibility index (Phi) is 2.87. The third-order valence-corrected chi connectivity index (χ3v) is 2.69. The average molecular weight is 235 g/mol. The predicted molar refractivity (Wildman–Crippen MR) is 60.6 cm³/mol. The van der Waals surface area contributed by atoms with Gasteiger partial charge in [-0.2, -0.15) is 4.37 Å². The van der Waals surface area contributed by atoms with E-state index < -0.39 is 5.97 Å². The Morgan fingerprint density at radius 1 is 1.44 bits per heavy atom. The topological polar surface area (TPSA) is 59.4 Å². The highest BCUT2D eigenvalue weighted by atomic mass is 32.1. The third kappa shape index (κ3) is 1.90. The molecule has 0 aliphatic heterocycles. The molecule has 82 valence electrons. The molecule has 0 amide bonds. The van der Waals surface area contributed by atoms with Crippen LogP contribution < -0.4 is 0 Å². The number of phenolic OH excluding ortho intramolecular Hbond substituents is 1. The number of carbonyl (C=O) groups excluding carboxylic acids is 1. The first-order valence-electron chi connectivity index (χ1n) is 4.54. The van der Waals surface area contributed by atoms with E-state index in [1.807, 2.05) is 5.38 Å². The van der Waals surface area contributed by atoms with Gasteiger partial charge in [0.25, 0.3) is 0 Å². The maximum Gasteiger partial charge on any atom is 0.337 e. The predicted octanol–water partition coefficient (Wildman–Crippen LogP) is 2.30. The van der Waals surface area contributed by atoms with Crippen molar-refractivity contribution in [2.75, 3.05) is 7.11 Å². The minimum absolute atomic E-state index is 0.0220. The SMILES string of the molecule is COC(=O)c1ccc(-c2ccsn2)c(O)c1. The standard InChI is InChI=1S/C11H9NO3S/c1-15-11(14)7-2-3-8(10(13)6-7)9-4-5-16-12-9/h2-6,13H,1H3. The molecular formula is C11H9NO3S. The molecule has 5 heteroatoms. The molecule has 1 heterocycles. The Bertz CT molecular complexity index is 508. The second-order valence-electron chi connectivity index (χ2n) is 3.11. The van der Waals surface area contributed by atoms with E-state index in [9.17, 15) is 9.90 Å². The van der Waals surface area contributed by atoms with Crippen molar-refractivity contribution in [1.29, 1.82) is 0 Å². The number of hydrogen-bond acceptors (Lipinski definition) is 5. The van der Waals surface area contributed by atoms with Gasteiger partial charge in [0.15, 0.2) is 0 Å². The van der Waals surface area contributed by atoms with E-state index in [1.165, 1.54) is 24.7 Å². The molecule has 2 aromatic rings. The number of ether oxygens (including phenoxy) is 1. The summed E-state index contributed by atoms with van der Waals surface area (Å²) in [5, 5.41) is 11.6. The van der Waals surface area contributed by atoms with E-state index in [0.29, 0.717) is 16.8 Å². The van der Waals surface area contributed by atoms with Crippen LogP contribution >= 0.6 is 11.5 Å². The second-order valence-corrected chi connectivity index (χ2v) is 3.77. The first-order chi connectivity index (χ1) is 7.72. The minimum Gasteiger partial charge on any atom is -0.507 e. The minimum atomic E-state index is -0.472. The quantitative estimate of drug-likeness (QED) is 0.811. The van der Waals surface area contributed by atoms with Gasteiger partial charge in [0.1, 0.15) is 5.75 Å². The second kappa shape index (κ2) is 4.32. The number of aromatic nitrogens is 1. The smallest absolute Gasteiger partial charge is 0.337 e. The molecule has 0 atom stereocenters. The van der Waals surface area contributed by atoms with Gasteiger partial charge in [0, 0.05) is 10.9 Å². The molecule has 1 aromatic heterocycles. The van der Waals surface area contributed by atoms with E-state index >= 15 is 0 Å². The molecule has 1 aromatic carbocycles. The monoisotopic (exact) mass is 235 g/mol. The summed E-state index contributed by atoms with van der Waals surface area (Å²) in [7, 11) is 1.30. The van der Waals surface area contributed by atoms with Crippen LogP contribution in [0.3, 0.4) is 0 Å². The van der Waals surface area contributed by atoms with Crippen molar-refractivity contribution in [1.82, 2.24) is 4.37 Å². The molecule has 1 N–H and O–H groups in total. The lowest BCUT2D eigenvalue weighted by molar-refractivity contribution is 0.0600. The molecule has 0 aliphatic rings. The van der Waals surface area contributed by atoms with Crippen LogP contribution in [-0.4, -0.2) is 22.6 Å². The molecule has 2 rings (SSSR count). The molecule has 0 saturated heterocycles. The van der Waals surface area contributed by atoms with Crippen molar-refractivity contribution in [3.63, 3.8) is 0 Å². The van der Waals surface area contributed by atoms with Crippen molar-refractivity contribution in [2.24, 2.45) is 0 Å². The van der Waals surface area contributed by atoms with E-state index in [4.69, 9.17) is 0 Å². The summed E-state index contributed by atoms with van der Waals surface area (Å²) in [5.74, 6) is -0.450. The molecule has 0 radical (unpaired) electrons. The number of aromatic hydroxyl groups is 1. The number of benzene rings is 1. The summed E-state index contributed by atoms with van der Waals surface area (Å²) in [6, 6.07) is 6.43. The molecule has 0 fully saturated rings. The van der Waals surface area contributed by atoms with E-state index in [1.54, 1.807) is 18.2 Å². The number of phenols is 1. The number of carbonyl (C=O) groups is 1. The van der Waals surface area contributed by atoms with Gasteiger partial charge < -0.3 is 9.84 Å². The van der Waals surface area contributed by atoms with Gasteiger partial charge in [-0.25, -0.2) is 4.79 Å². The molecule has 0 unspecified atom stereocenters. The fraction of sp³-hybridized carbons (Fsp3) is 0.0909. The van der Waals surface area contributed by atoms with Crippen LogP contribution in [0.5, 0.6) is 5.75 Å². The normalized spacial score (nSPS) is 10.1. The first-order valence-corrected chi connectivity index (χ1v) is 5.38. The van der Waals surface area contributed by atoms with Crippen LogP contribution in [0.1, 0.15) is 10.4 Å². The van der Waals surface area contributed by atoms with Crippen molar-refractivity contribution in [2.45, 2.75) is 0 Å². The fourth-order valence-electron chi connectivity index (χ4n) is 1.34. The largest absolute Gasteiger partial charge is 0.507 e. The Morgan fingerprint density at radius 3 is 2.81 bits per heavy atom. The summed E-state index contributed by atoms with van der Waals surface area (Å²) in [4.78, 5) is 11.2. The summed E-state index contributed by atoms with van der Waals surface area (Å²) < 4.78 is 8.67. The van der Waals surface area contributed by atoms with Gasteiger partial charge in [-0.3, -0.25) is 0 Å². The number of esters is 1.